The Morgan fingerprint density at radius 2 is 1.85 bits per heavy atom. The summed E-state index contributed by atoms with van der Waals surface area (Å²) in [5.74, 6) is -0.0936. The van der Waals surface area contributed by atoms with Crippen molar-refractivity contribution in [2.75, 3.05) is 39.4 Å². The van der Waals surface area contributed by atoms with Gasteiger partial charge in [0.25, 0.3) is 5.91 Å². The number of benzene rings is 2. The van der Waals surface area contributed by atoms with E-state index in [-0.39, 0.29) is 17.1 Å². The lowest BCUT2D eigenvalue weighted by Crippen LogP contribution is -2.38. The molecule has 3 aromatic rings. The van der Waals surface area contributed by atoms with Crippen molar-refractivity contribution in [3.8, 4) is 0 Å². The van der Waals surface area contributed by atoms with Crippen LogP contribution in [0.4, 0.5) is 0 Å². The number of amides is 1. The smallest absolute Gasteiger partial charge is 0.290 e. The molecule has 0 aliphatic carbocycles. The summed E-state index contributed by atoms with van der Waals surface area (Å²) >= 11 is 6.29. The molecule has 1 amide bonds. The van der Waals surface area contributed by atoms with Crippen molar-refractivity contribution in [1.29, 1.82) is 0 Å². The van der Waals surface area contributed by atoms with Crippen LogP contribution in [0.3, 0.4) is 0 Å². The summed E-state index contributed by atoms with van der Waals surface area (Å²) in [6.45, 7) is 8.52. The first kappa shape index (κ1) is 22.1. The number of hydrogen-bond acceptors (Lipinski definition) is 5. The quantitative estimate of drug-likeness (QED) is 0.560. The molecule has 2 aliphatic heterocycles. The van der Waals surface area contributed by atoms with Gasteiger partial charge in [-0.15, -0.1) is 0 Å². The van der Waals surface area contributed by atoms with E-state index in [4.69, 9.17) is 20.8 Å². The predicted molar refractivity (Wildman–Crippen MR) is 128 cm³/mol. The van der Waals surface area contributed by atoms with E-state index in [0.29, 0.717) is 28.1 Å². The minimum atomic E-state index is -0.516. The second-order valence-electron chi connectivity index (χ2n) is 8.89. The zero-order valence-corrected chi connectivity index (χ0v) is 19.7. The van der Waals surface area contributed by atoms with E-state index < -0.39 is 6.04 Å². The van der Waals surface area contributed by atoms with Gasteiger partial charge in [-0.25, -0.2) is 0 Å². The van der Waals surface area contributed by atoms with Crippen molar-refractivity contribution < 1.29 is 13.9 Å². The Hall–Kier alpha value is -2.67. The van der Waals surface area contributed by atoms with E-state index in [9.17, 15) is 9.59 Å². The molecule has 0 saturated carbocycles. The second-order valence-corrected chi connectivity index (χ2v) is 9.33. The zero-order chi connectivity index (χ0) is 23.1. The number of ether oxygens (including phenoxy) is 1. The Morgan fingerprint density at radius 3 is 2.61 bits per heavy atom. The lowest BCUT2D eigenvalue weighted by molar-refractivity contribution is 0.0353. The molecule has 3 heterocycles. The summed E-state index contributed by atoms with van der Waals surface area (Å²) in [5, 5.41) is 1.10. The van der Waals surface area contributed by atoms with Crippen LogP contribution in [-0.2, 0) is 4.74 Å². The van der Waals surface area contributed by atoms with Gasteiger partial charge >= 0.3 is 0 Å². The largest absolute Gasteiger partial charge is 0.450 e. The average molecular weight is 467 g/mol. The van der Waals surface area contributed by atoms with Crippen LogP contribution < -0.4 is 5.43 Å². The first-order valence-electron chi connectivity index (χ1n) is 11.4. The number of morpholine rings is 1. The molecule has 33 heavy (non-hydrogen) atoms. The Bertz CT molecular complexity index is 1280. The molecule has 7 heteroatoms. The zero-order valence-electron chi connectivity index (χ0n) is 18.9. The van der Waals surface area contributed by atoms with Crippen molar-refractivity contribution in [2.45, 2.75) is 26.3 Å². The fourth-order valence-electron chi connectivity index (χ4n) is 5.06. The third kappa shape index (κ3) is 4.07. The molecule has 2 aliphatic rings. The molecule has 0 radical (unpaired) electrons. The fraction of sp³-hybridized carbons (Fsp3) is 0.385. The molecule has 0 bridgehead atoms. The van der Waals surface area contributed by atoms with E-state index in [1.54, 1.807) is 11.0 Å². The van der Waals surface area contributed by atoms with Crippen molar-refractivity contribution in [3.63, 3.8) is 0 Å². The average Bonchev–Trinajstić information content (AvgIpc) is 3.06. The van der Waals surface area contributed by atoms with Crippen LogP contribution in [-0.4, -0.2) is 55.1 Å². The van der Waals surface area contributed by atoms with Gasteiger partial charge in [0.15, 0.2) is 5.43 Å². The normalized spacial score (nSPS) is 18.8. The highest BCUT2D eigenvalue weighted by Crippen LogP contribution is 2.39. The third-order valence-electron chi connectivity index (χ3n) is 6.55. The van der Waals surface area contributed by atoms with Gasteiger partial charge in [0.05, 0.1) is 30.2 Å². The Labute approximate surface area is 197 Å². The van der Waals surface area contributed by atoms with Crippen LogP contribution in [0.15, 0.2) is 45.6 Å². The molecule has 2 aromatic carbocycles. The molecule has 1 unspecified atom stereocenters. The Balaban J connectivity index is 1.57. The highest BCUT2D eigenvalue weighted by atomic mass is 35.5. The summed E-state index contributed by atoms with van der Waals surface area (Å²) in [5.41, 5.74) is 3.39. The summed E-state index contributed by atoms with van der Waals surface area (Å²) < 4.78 is 11.5. The van der Waals surface area contributed by atoms with Gasteiger partial charge in [-0.1, -0.05) is 29.8 Å². The highest BCUT2D eigenvalue weighted by molar-refractivity contribution is 6.30. The van der Waals surface area contributed by atoms with E-state index in [2.05, 4.69) is 4.90 Å². The molecular weight excluding hydrogens is 440 g/mol. The van der Waals surface area contributed by atoms with Crippen molar-refractivity contribution in [1.82, 2.24) is 9.80 Å². The van der Waals surface area contributed by atoms with Crippen LogP contribution in [0.2, 0.25) is 5.02 Å². The van der Waals surface area contributed by atoms with Crippen LogP contribution in [0.25, 0.3) is 11.0 Å². The monoisotopic (exact) mass is 466 g/mol. The van der Waals surface area contributed by atoms with Gasteiger partial charge in [0.1, 0.15) is 5.58 Å². The Morgan fingerprint density at radius 1 is 1.06 bits per heavy atom. The predicted octanol–water partition coefficient (Wildman–Crippen LogP) is 4.33. The summed E-state index contributed by atoms with van der Waals surface area (Å²) in [6.07, 6.45) is 0.794. The van der Waals surface area contributed by atoms with Gasteiger partial charge in [-0.05, 0) is 55.2 Å². The summed E-state index contributed by atoms with van der Waals surface area (Å²) in [7, 11) is 0. The number of nitrogens with zero attached hydrogens (tertiary/aromatic N) is 2. The Kier molecular flexibility index (Phi) is 5.99. The summed E-state index contributed by atoms with van der Waals surface area (Å²) in [6, 6.07) is 10.7. The molecule has 0 N–H and O–H groups in total. The molecule has 1 atom stereocenters. The number of halogens is 1. The van der Waals surface area contributed by atoms with E-state index in [1.165, 1.54) is 0 Å². The standard InChI is InChI=1S/C26H27ClN2O4/c1-16-13-17(2)21-20(14-16)33-25-22(24(21)30)23(18-5-3-6-19(27)15-18)29(26(25)31)8-4-7-28-9-11-32-12-10-28/h3,5-6,13-15,23H,4,7-12H2,1-2H3. The number of aryl methyl sites for hydroxylation is 2. The first-order valence-corrected chi connectivity index (χ1v) is 11.8. The van der Waals surface area contributed by atoms with E-state index >= 15 is 0 Å². The van der Waals surface area contributed by atoms with Crippen LogP contribution >= 0.6 is 11.6 Å². The number of hydrogen-bond donors (Lipinski definition) is 0. The van der Waals surface area contributed by atoms with Gasteiger partial charge < -0.3 is 14.1 Å². The van der Waals surface area contributed by atoms with Gasteiger partial charge in [-0.2, -0.15) is 0 Å². The van der Waals surface area contributed by atoms with Gasteiger partial charge in [0.2, 0.25) is 5.76 Å². The molecular formula is C26H27ClN2O4. The van der Waals surface area contributed by atoms with Crippen LogP contribution in [0.5, 0.6) is 0 Å². The topological polar surface area (TPSA) is 63.0 Å². The molecule has 1 fully saturated rings. The molecule has 1 aromatic heterocycles. The summed E-state index contributed by atoms with van der Waals surface area (Å²) in [4.78, 5) is 31.4. The minimum absolute atomic E-state index is 0.141. The third-order valence-corrected chi connectivity index (χ3v) is 6.79. The van der Waals surface area contributed by atoms with Crippen LogP contribution in [0.1, 0.15) is 45.3 Å². The number of fused-ring (bicyclic) bond motifs is 2. The maximum Gasteiger partial charge on any atom is 0.290 e. The molecule has 1 saturated heterocycles. The minimum Gasteiger partial charge on any atom is -0.450 e. The van der Waals surface area contributed by atoms with Crippen LogP contribution in [0, 0.1) is 13.8 Å². The lowest BCUT2D eigenvalue weighted by atomic mass is 9.97. The molecule has 172 valence electrons. The van der Waals surface area contributed by atoms with E-state index in [0.717, 1.165) is 56.0 Å². The SMILES string of the molecule is Cc1cc(C)c2c(=O)c3c(oc2c1)C(=O)N(CCCN1CCOCC1)C3c1cccc(Cl)c1. The van der Waals surface area contributed by atoms with Crippen molar-refractivity contribution in [2.24, 2.45) is 0 Å². The number of rotatable bonds is 5. The first-order chi connectivity index (χ1) is 15.9. The molecule has 5 rings (SSSR count). The molecule has 0 spiro atoms. The molecule has 6 nitrogen and oxygen atoms in total. The maximum atomic E-state index is 13.7. The van der Waals surface area contributed by atoms with Crippen molar-refractivity contribution in [3.05, 3.63) is 79.7 Å². The lowest BCUT2D eigenvalue weighted by Gasteiger charge is -2.29. The fourth-order valence-corrected chi connectivity index (χ4v) is 5.26. The highest BCUT2D eigenvalue weighted by Gasteiger charge is 2.42. The van der Waals surface area contributed by atoms with Gasteiger partial charge in [0, 0.05) is 31.2 Å². The number of carbonyl (C=O) groups excluding carboxylic acids is 1. The maximum absolute atomic E-state index is 13.7. The van der Waals surface area contributed by atoms with E-state index in [1.807, 2.05) is 44.2 Å². The van der Waals surface area contributed by atoms with Gasteiger partial charge in [-0.3, -0.25) is 14.5 Å². The number of carbonyl (C=O) groups is 1. The second kappa shape index (κ2) is 8.93. The van der Waals surface area contributed by atoms with Crippen molar-refractivity contribution >= 4 is 28.5 Å².